The smallest absolute Gasteiger partial charge is 0.140 e. The van der Waals surface area contributed by atoms with E-state index in [-0.39, 0.29) is 16.6 Å². The quantitative estimate of drug-likeness (QED) is 0.632. The van der Waals surface area contributed by atoms with Gasteiger partial charge < -0.3 is 0 Å². The summed E-state index contributed by atoms with van der Waals surface area (Å²) >= 11 is 2.91. The van der Waals surface area contributed by atoms with E-state index in [0.29, 0.717) is 0 Å². The standard InChI is InChI=1S/C7H6BrF2NO/c8-5-1-4(3-12-11)6(9)2-7(5)10/h1-2H,3,11H2. The summed E-state index contributed by atoms with van der Waals surface area (Å²) in [5.41, 5.74) is 0.214. The van der Waals surface area contributed by atoms with Gasteiger partial charge in [-0.15, -0.1) is 0 Å². The maximum atomic E-state index is 12.8. The van der Waals surface area contributed by atoms with Gasteiger partial charge in [0.05, 0.1) is 11.1 Å². The highest BCUT2D eigenvalue weighted by molar-refractivity contribution is 9.10. The minimum atomic E-state index is -0.666. The maximum absolute atomic E-state index is 12.8. The predicted octanol–water partition coefficient (Wildman–Crippen LogP) is 2.12. The van der Waals surface area contributed by atoms with Gasteiger partial charge in [0.25, 0.3) is 0 Å². The molecule has 0 heterocycles. The monoisotopic (exact) mass is 237 g/mol. The molecule has 2 nitrogen and oxygen atoms in total. The van der Waals surface area contributed by atoms with E-state index >= 15 is 0 Å². The summed E-state index contributed by atoms with van der Waals surface area (Å²) in [5, 5.41) is 0. The van der Waals surface area contributed by atoms with Crippen LogP contribution < -0.4 is 5.90 Å². The lowest BCUT2D eigenvalue weighted by molar-refractivity contribution is 0.121. The van der Waals surface area contributed by atoms with Crippen molar-refractivity contribution < 1.29 is 13.6 Å². The average molecular weight is 238 g/mol. The van der Waals surface area contributed by atoms with Crippen LogP contribution >= 0.6 is 15.9 Å². The Morgan fingerprint density at radius 2 is 2.00 bits per heavy atom. The van der Waals surface area contributed by atoms with Crippen LogP contribution in [-0.2, 0) is 11.4 Å². The zero-order chi connectivity index (χ0) is 9.14. The first-order valence-electron chi connectivity index (χ1n) is 3.10. The number of nitrogens with two attached hydrogens (primary N) is 1. The van der Waals surface area contributed by atoms with E-state index in [9.17, 15) is 8.78 Å². The largest absolute Gasteiger partial charge is 0.300 e. The van der Waals surface area contributed by atoms with Crippen LogP contribution in [0.3, 0.4) is 0 Å². The van der Waals surface area contributed by atoms with Crippen LogP contribution in [0.1, 0.15) is 5.56 Å². The van der Waals surface area contributed by atoms with Crippen molar-refractivity contribution in [1.82, 2.24) is 0 Å². The molecule has 1 rings (SSSR count). The van der Waals surface area contributed by atoms with E-state index in [1.165, 1.54) is 6.07 Å². The first kappa shape index (κ1) is 9.57. The number of benzene rings is 1. The van der Waals surface area contributed by atoms with Crippen molar-refractivity contribution in [1.29, 1.82) is 0 Å². The van der Waals surface area contributed by atoms with Crippen molar-refractivity contribution in [3.8, 4) is 0 Å². The van der Waals surface area contributed by atoms with Gasteiger partial charge in [-0.3, -0.25) is 4.84 Å². The Morgan fingerprint density at radius 1 is 1.33 bits per heavy atom. The van der Waals surface area contributed by atoms with Crippen LogP contribution in [-0.4, -0.2) is 0 Å². The van der Waals surface area contributed by atoms with Crippen LogP contribution in [0.25, 0.3) is 0 Å². The topological polar surface area (TPSA) is 35.2 Å². The van der Waals surface area contributed by atoms with Gasteiger partial charge in [0.1, 0.15) is 11.6 Å². The number of hydrogen-bond donors (Lipinski definition) is 1. The van der Waals surface area contributed by atoms with Gasteiger partial charge in [0.2, 0.25) is 0 Å². The molecule has 0 radical (unpaired) electrons. The summed E-state index contributed by atoms with van der Waals surface area (Å²) in [6.45, 7) is -0.0787. The minimum absolute atomic E-state index is 0.0787. The first-order chi connectivity index (χ1) is 5.65. The highest BCUT2D eigenvalue weighted by Gasteiger charge is 2.07. The Morgan fingerprint density at radius 3 is 2.58 bits per heavy atom. The molecule has 0 aliphatic rings. The summed E-state index contributed by atoms with van der Waals surface area (Å²) in [5.74, 6) is 3.43. The zero-order valence-electron chi connectivity index (χ0n) is 5.98. The van der Waals surface area contributed by atoms with Gasteiger partial charge in [-0.2, -0.15) is 0 Å². The highest BCUT2D eigenvalue weighted by Crippen LogP contribution is 2.20. The van der Waals surface area contributed by atoms with Gasteiger partial charge in [-0.25, -0.2) is 14.7 Å². The SMILES string of the molecule is NOCc1cc(Br)c(F)cc1F. The van der Waals surface area contributed by atoms with Crippen molar-refractivity contribution in [2.24, 2.45) is 5.90 Å². The molecule has 0 aliphatic carbocycles. The van der Waals surface area contributed by atoms with Crippen LogP contribution in [0, 0.1) is 11.6 Å². The summed E-state index contributed by atoms with van der Waals surface area (Å²) in [6.07, 6.45) is 0. The van der Waals surface area contributed by atoms with Crippen LogP contribution in [0.4, 0.5) is 8.78 Å². The molecule has 0 saturated carbocycles. The Kier molecular flexibility index (Phi) is 3.13. The molecule has 0 spiro atoms. The normalized spacial score (nSPS) is 10.3. The zero-order valence-corrected chi connectivity index (χ0v) is 7.57. The molecule has 0 aliphatic heterocycles. The van der Waals surface area contributed by atoms with Crippen molar-refractivity contribution in [2.45, 2.75) is 6.61 Å². The third kappa shape index (κ3) is 2.00. The Labute approximate surface area is 76.4 Å². The summed E-state index contributed by atoms with van der Waals surface area (Å²) in [6, 6.07) is 2.07. The van der Waals surface area contributed by atoms with E-state index in [1.807, 2.05) is 0 Å². The van der Waals surface area contributed by atoms with Gasteiger partial charge in [-0.05, 0) is 22.0 Å². The summed E-state index contributed by atoms with van der Waals surface area (Å²) < 4.78 is 25.7. The molecule has 5 heteroatoms. The Bertz CT molecular complexity index is 293. The van der Waals surface area contributed by atoms with Crippen LogP contribution in [0.5, 0.6) is 0 Å². The predicted molar refractivity (Wildman–Crippen MR) is 43.0 cm³/mol. The van der Waals surface area contributed by atoms with Crippen molar-refractivity contribution in [3.63, 3.8) is 0 Å². The highest BCUT2D eigenvalue weighted by atomic mass is 79.9. The number of hydrogen-bond acceptors (Lipinski definition) is 2. The van der Waals surface area contributed by atoms with E-state index in [1.54, 1.807) is 0 Å². The molecule has 0 atom stereocenters. The van der Waals surface area contributed by atoms with Crippen LogP contribution in [0.15, 0.2) is 16.6 Å². The Balaban J connectivity index is 3.05. The molecule has 0 fully saturated rings. The fourth-order valence-electron chi connectivity index (χ4n) is 0.764. The molecule has 2 N–H and O–H groups in total. The number of halogens is 3. The molecule has 0 unspecified atom stereocenters. The Hall–Kier alpha value is -0.520. The van der Waals surface area contributed by atoms with Crippen molar-refractivity contribution in [3.05, 3.63) is 33.8 Å². The lowest BCUT2D eigenvalue weighted by atomic mass is 10.2. The van der Waals surface area contributed by atoms with Crippen molar-refractivity contribution in [2.75, 3.05) is 0 Å². The van der Waals surface area contributed by atoms with Gasteiger partial charge in [-0.1, -0.05) is 0 Å². The lowest BCUT2D eigenvalue weighted by Crippen LogP contribution is -2.01. The van der Waals surface area contributed by atoms with Crippen molar-refractivity contribution >= 4 is 15.9 Å². The van der Waals surface area contributed by atoms with Gasteiger partial charge in [0.15, 0.2) is 0 Å². The third-order valence-electron chi connectivity index (χ3n) is 1.33. The second kappa shape index (κ2) is 3.93. The fraction of sp³-hybridized carbons (Fsp3) is 0.143. The van der Waals surface area contributed by atoms with E-state index in [2.05, 4.69) is 20.8 Å². The summed E-state index contributed by atoms with van der Waals surface area (Å²) in [4.78, 5) is 4.22. The summed E-state index contributed by atoms with van der Waals surface area (Å²) in [7, 11) is 0. The molecular formula is C7H6BrF2NO. The third-order valence-corrected chi connectivity index (χ3v) is 1.94. The average Bonchev–Trinajstić information content (AvgIpc) is 2.01. The molecule has 1 aromatic rings. The van der Waals surface area contributed by atoms with E-state index in [4.69, 9.17) is 5.90 Å². The van der Waals surface area contributed by atoms with E-state index in [0.717, 1.165) is 6.07 Å². The first-order valence-corrected chi connectivity index (χ1v) is 3.89. The molecule has 0 saturated heterocycles. The van der Waals surface area contributed by atoms with Crippen LogP contribution in [0.2, 0.25) is 0 Å². The lowest BCUT2D eigenvalue weighted by Gasteiger charge is -2.02. The molecule has 66 valence electrons. The molecule has 0 amide bonds. The maximum Gasteiger partial charge on any atom is 0.140 e. The molecule has 12 heavy (non-hydrogen) atoms. The van der Waals surface area contributed by atoms with Gasteiger partial charge >= 0.3 is 0 Å². The number of rotatable bonds is 2. The minimum Gasteiger partial charge on any atom is -0.300 e. The molecular weight excluding hydrogens is 232 g/mol. The molecule has 0 bridgehead atoms. The second-order valence-corrected chi connectivity index (χ2v) is 3.02. The van der Waals surface area contributed by atoms with Gasteiger partial charge in [0, 0.05) is 11.6 Å². The fourth-order valence-corrected chi connectivity index (χ4v) is 1.15. The molecule has 1 aromatic carbocycles. The second-order valence-electron chi connectivity index (χ2n) is 2.17. The molecule has 0 aromatic heterocycles. The van der Waals surface area contributed by atoms with E-state index < -0.39 is 11.6 Å².